The molecule has 1 aromatic carbocycles. The highest BCUT2D eigenvalue weighted by atomic mass is 19.3. The van der Waals surface area contributed by atoms with E-state index in [1.165, 1.54) is 17.7 Å². The van der Waals surface area contributed by atoms with Gasteiger partial charge in [0.1, 0.15) is 5.75 Å². The topological polar surface area (TPSA) is 67.9 Å². The fourth-order valence-electron chi connectivity index (χ4n) is 5.97. The van der Waals surface area contributed by atoms with Gasteiger partial charge in [-0.25, -0.2) is 4.79 Å². The highest BCUT2D eigenvalue weighted by molar-refractivity contribution is 6.09. The maximum Gasteiger partial charge on any atom is 0.345 e. The molecular weight excluding hydrogens is 418 g/mol. The summed E-state index contributed by atoms with van der Waals surface area (Å²) in [6.45, 7) is 1.49. The molecule has 0 radical (unpaired) electrons. The molecule has 0 bridgehead atoms. The van der Waals surface area contributed by atoms with Crippen LogP contribution in [0.4, 0.5) is 13.6 Å². The van der Waals surface area contributed by atoms with Crippen molar-refractivity contribution in [1.82, 2.24) is 10.2 Å². The minimum absolute atomic E-state index is 0.246. The average molecular weight is 449 g/mol. The van der Waals surface area contributed by atoms with Crippen molar-refractivity contribution in [2.24, 2.45) is 11.3 Å². The van der Waals surface area contributed by atoms with Crippen molar-refractivity contribution in [3.8, 4) is 5.75 Å². The van der Waals surface area contributed by atoms with E-state index in [0.717, 1.165) is 11.1 Å². The van der Waals surface area contributed by atoms with Gasteiger partial charge < -0.3 is 14.8 Å². The Morgan fingerprint density at radius 1 is 1.16 bits per heavy atom. The van der Waals surface area contributed by atoms with Gasteiger partial charge in [-0.1, -0.05) is 6.07 Å². The third kappa shape index (κ3) is 3.29. The van der Waals surface area contributed by atoms with Crippen LogP contribution in [-0.4, -0.2) is 42.2 Å². The molecule has 1 aromatic rings. The molecule has 1 aliphatic heterocycles. The smallest absolute Gasteiger partial charge is 0.345 e. The highest BCUT2D eigenvalue weighted by Crippen LogP contribution is 2.60. The zero-order valence-electron chi connectivity index (χ0n) is 18.5. The van der Waals surface area contributed by atoms with E-state index in [-0.39, 0.29) is 11.9 Å². The second-order valence-corrected chi connectivity index (χ2v) is 10.1. The molecule has 1 saturated heterocycles. The lowest BCUT2D eigenvalue weighted by Crippen LogP contribution is -2.57. The van der Waals surface area contributed by atoms with Crippen LogP contribution >= 0.6 is 0 Å². The molecule has 5 rings (SSSR count). The van der Waals surface area contributed by atoms with Crippen LogP contribution in [0.2, 0.25) is 0 Å². The molecular formula is C24H30F2N2O4. The summed E-state index contributed by atoms with van der Waals surface area (Å²) in [5, 5.41) is 3.08. The number of carbonyl (C=O) groups excluding carboxylic acids is 2. The number of alkyl halides is 2. The summed E-state index contributed by atoms with van der Waals surface area (Å²) in [5.41, 5.74) is 0.0399. The van der Waals surface area contributed by atoms with E-state index in [2.05, 4.69) is 5.32 Å². The molecule has 3 fully saturated rings. The molecule has 1 N–H and O–H groups in total. The fraction of sp³-hybridized carbons (Fsp3) is 0.667. The summed E-state index contributed by atoms with van der Waals surface area (Å²) in [4.78, 5) is 28.2. The van der Waals surface area contributed by atoms with Crippen LogP contribution in [0.25, 0.3) is 0 Å². The van der Waals surface area contributed by atoms with Gasteiger partial charge in [0.25, 0.3) is 5.91 Å². The van der Waals surface area contributed by atoms with Crippen molar-refractivity contribution in [3.63, 3.8) is 0 Å². The quantitative estimate of drug-likeness (QED) is 0.657. The molecule has 3 aliphatic carbocycles. The lowest BCUT2D eigenvalue weighted by Gasteiger charge is -2.46. The van der Waals surface area contributed by atoms with Gasteiger partial charge in [0.05, 0.1) is 12.7 Å². The highest BCUT2D eigenvalue weighted by Gasteiger charge is 2.68. The number of urea groups is 1. The summed E-state index contributed by atoms with van der Waals surface area (Å²) in [5.74, 6) is 1.05. The number of halogens is 2. The number of benzene rings is 1. The second kappa shape index (κ2) is 7.68. The van der Waals surface area contributed by atoms with Crippen LogP contribution in [0.15, 0.2) is 18.2 Å². The first-order valence-electron chi connectivity index (χ1n) is 11.6. The van der Waals surface area contributed by atoms with Gasteiger partial charge in [-0.15, -0.1) is 0 Å². The van der Waals surface area contributed by atoms with Crippen LogP contribution in [0.1, 0.15) is 63.5 Å². The molecule has 1 atom stereocenters. The second-order valence-electron chi connectivity index (χ2n) is 10.1. The first kappa shape index (κ1) is 21.6. The van der Waals surface area contributed by atoms with Gasteiger partial charge in [-0.3, -0.25) is 9.69 Å². The number of hydrogen-bond acceptors (Lipinski definition) is 4. The summed E-state index contributed by atoms with van der Waals surface area (Å²) < 4.78 is 36.3. The average Bonchev–Trinajstić information content (AvgIpc) is 3.47. The SMILES string of the molecule is CC(C)N1C(=O)NC2(C1=O)c1cc(OCC3CC3)ccc1CC21CCC(OC(F)F)CC1. The van der Waals surface area contributed by atoms with Crippen molar-refractivity contribution >= 4 is 11.9 Å². The monoisotopic (exact) mass is 448 g/mol. The third-order valence-corrected chi connectivity index (χ3v) is 7.75. The van der Waals surface area contributed by atoms with Crippen molar-refractivity contribution in [3.05, 3.63) is 29.3 Å². The van der Waals surface area contributed by atoms with E-state index < -0.39 is 29.7 Å². The summed E-state index contributed by atoms with van der Waals surface area (Å²) in [6, 6.07) is 5.16. The molecule has 1 unspecified atom stereocenters. The van der Waals surface area contributed by atoms with E-state index >= 15 is 0 Å². The van der Waals surface area contributed by atoms with Gasteiger partial charge in [-0.05, 0) is 88.0 Å². The number of ether oxygens (including phenoxy) is 2. The van der Waals surface area contributed by atoms with Crippen LogP contribution in [0, 0.1) is 11.3 Å². The molecule has 3 amide bonds. The number of amides is 3. The van der Waals surface area contributed by atoms with Gasteiger partial charge in [0.15, 0.2) is 5.54 Å². The molecule has 0 aromatic heterocycles. The molecule has 174 valence electrons. The Morgan fingerprint density at radius 2 is 1.88 bits per heavy atom. The third-order valence-electron chi connectivity index (χ3n) is 7.75. The van der Waals surface area contributed by atoms with Crippen LogP contribution in [-0.2, 0) is 21.5 Å². The molecule has 6 nitrogen and oxygen atoms in total. The van der Waals surface area contributed by atoms with Crippen LogP contribution < -0.4 is 10.1 Å². The molecule has 2 spiro atoms. The van der Waals surface area contributed by atoms with E-state index in [9.17, 15) is 18.4 Å². The number of nitrogens with zero attached hydrogens (tertiary/aromatic N) is 1. The number of rotatable bonds is 6. The van der Waals surface area contributed by atoms with Crippen molar-refractivity contribution in [1.29, 1.82) is 0 Å². The minimum Gasteiger partial charge on any atom is -0.493 e. The number of carbonyl (C=O) groups is 2. The Labute approximate surface area is 186 Å². The summed E-state index contributed by atoms with van der Waals surface area (Å²) in [7, 11) is 0. The zero-order chi connectivity index (χ0) is 22.7. The van der Waals surface area contributed by atoms with Gasteiger partial charge >= 0.3 is 12.6 Å². The predicted octanol–water partition coefficient (Wildman–Crippen LogP) is 4.36. The van der Waals surface area contributed by atoms with Crippen LogP contribution in [0.3, 0.4) is 0 Å². The van der Waals surface area contributed by atoms with Crippen molar-refractivity contribution in [2.75, 3.05) is 6.61 Å². The van der Waals surface area contributed by atoms with E-state index in [1.54, 1.807) is 0 Å². The number of fused-ring (bicyclic) bond motifs is 3. The predicted molar refractivity (Wildman–Crippen MR) is 112 cm³/mol. The van der Waals surface area contributed by atoms with Gasteiger partial charge in [0.2, 0.25) is 0 Å². The Morgan fingerprint density at radius 3 is 2.47 bits per heavy atom. The molecule has 2 saturated carbocycles. The first-order valence-corrected chi connectivity index (χ1v) is 11.6. The Kier molecular flexibility index (Phi) is 5.19. The number of imide groups is 1. The Hall–Kier alpha value is -2.22. The van der Waals surface area contributed by atoms with E-state index in [0.29, 0.717) is 50.4 Å². The molecule has 1 heterocycles. The van der Waals surface area contributed by atoms with Crippen molar-refractivity contribution < 1.29 is 27.8 Å². The van der Waals surface area contributed by atoms with Crippen molar-refractivity contribution in [2.45, 2.75) is 83.1 Å². The number of hydrogen-bond donors (Lipinski definition) is 1. The van der Waals surface area contributed by atoms with Crippen LogP contribution in [0.5, 0.6) is 5.75 Å². The standard InChI is InChI=1S/C24H30F2N2O4/c1-14(2)28-20(29)24(27-22(28)30)19-11-18(31-13-15-3-4-15)6-5-16(19)12-23(24)9-7-17(8-10-23)32-21(25)26/h5-6,11,14-15,17,21H,3-4,7-10,12-13H2,1-2H3,(H,27,30). The Balaban J connectivity index is 1.53. The van der Waals surface area contributed by atoms with Gasteiger partial charge in [0, 0.05) is 11.5 Å². The fourth-order valence-corrected chi connectivity index (χ4v) is 5.97. The summed E-state index contributed by atoms with van der Waals surface area (Å²) in [6.07, 6.45) is 4.34. The molecule has 4 aliphatic rings. The molecule has 8 heteroatoms. The van der Waals surface area contributed by atoms with Gasteiger partial charge in [-0.2, -0.15) is 8.78 Å². The number of nitrogens with one attached hydrogen (secondary N) is 1. The van der Waals surface area contributed by atoms with E-state index in [4.69, 9.17) is 9.47 Å². The minimum atomic E-state index is -2.81. The largest absolute Gasteiger partial charge is 0.493 e. The lowest BCUT2D eigenvalue weighted by atomic mass is 9.61. The first-order chi connectivity index (χ1) is 15.3. The Bertz CT molecular complexity index is 925. The maximum absolute atomic E-state index is 13.9. The molecule has 32 heavy (non-hydrogen) atoms. The maximum atomic E-state index is 13.9. The zero-order valence-corrected chi connectivity index (χ0v) is 18.5. The summed E-state index contributed by atoms with van der Waals surface area (Å²) >= 11 is 0. The normalized spacial score (nSPS) is 31.8. The lowest BCUT2D eigenvalue weighted by molar-refractivity contribution is -0.179. The van der Waals surface area contributed by atoms with E-state index in [1.807, 2.05) is 32.0 Å².